The van der Waals surface area contributed by atoms with Gasteiger partial charge in [0.2, 0.25) is 0 Å². The highest BCUT2D eigenvalue weighted by Crippen LogP contribution is 2.22. The molecule has 20 heavy (non-hydrogen) atoms. The van der Waals surface area contributed by atoms with Gasteiger partial charge >= 0.3 is 12.1 Å². The monoisotopic (exact) mass is 290 g/mol. The van der Waals surface area contributed by atoms with E-state index < -0.39 is 18.6 Å². The number of hydrogen-bond donors (Lipinski definition) is 2. The highest BCUT2D eigenvalue weighted by atomic mass is 19.4. The smallest absolute Gasteiger partial charge is 0.389 e. The SMILES string of the molecule is CC(C)c1cc(C(=O)O)cc(NCCCC(F)(F)F)n1. The van der Waals surface area contributed by atoms with Crippen molar-refractivity contribution in [3.8, 4) is 0 Å². The summed E-state index contributed by atoms with van der Waals surface area (Å²) >= 11 is 0. The molecule has 0 unspecified atom stereocenters. The Morgan fingerprint density at radius 1 is 1.40 bits per heavy atom. The molecule has 0 aromatic carbocycles. The molecule has 112 valence electrons. The van der Waals surface area contributed by atoms with Crippen molar-refractivity contribution in [2.24, 2.45) is 0 Å². The number of pyridine rings is 1. The molecule has 0 fully saturated rings. The topological polar surface area (TPSA) is 62.2 Å². The molecule has 0 aliphatic carbocycles. The molecule has 0 radical (unpaired) electrons. The Morgan fingerprint density at radius 2 is 2.05 bits per heavy atom. The van der Waals surface area contributed by atoms with E-state index in [1.807, 2.05) is 13.8 Å². The number of alkyl halides is 3. The molecular weight excluding hydrogens is 273 g/mol. The zero-order chi connectivity index (χ0) is 15.3. The molecule has 0 saturated heterocycles. The molecule has 1 rings (SSSR count). The van der Waals surface area contributed by atoms with E-state index in [1.165, 1.54) is 12.1 Å². The third-order valence-electron chi connectivity index (χ3n) is 2.63. The highest BCUT2D eigenvalue weighted by Gasteiger charge is 2.25. The molecule has 0 spiro atoms. The predicted molar refractivity (Wildman–Crippen MR) is 69.1 cm³/mol. The molecule has 1 aromatic heterocycles. The summed E-state index contributed by atoms with van der Waals surface area (Å²) in [6, 6.07) is 2.79. The number of nitrogens with zero attached hydrogens (tertiary/aromatic N) is 1. The van der Waals surface area contributed by atoms with Gasteiger partial charge in [-0.2, -0.15) is 13.2 Å². The standard InChI is InChI=1S/C13H17F3N2O2/c1-8(2)10-6-9(12(19)20)7-11(18-10)17-5-3-4-13(14,15)16/h6-8H,3-5H2,1-2H3,(H,17,18)(H,19,20). The van der Waals surface area contributed by atoms with Crippen LogP contribution in [0.3, 0.4) is 0 Å². The number of carbonyl (C=O) groups is 1. The second-order valence-electron chi connectivity index (χ2n) is 4.77. The van der Waals surface area contributed by atoms with Gasteiger partial charge in [0.15, 0.2) is 0 Å². The van der Waals surface area contributed by atoms with Gasteiger partial charge in [0.05, 0.1) is 5.56 Å². The summed E-state index contributed by atoms with van der Waals surface area (Å²) in [6.45, 7) is 3.82. The predicted octanol–water partition coefficient (Wildman–Crippen LogP) is 3.66. The van der Waals surface area contributed by atoms with Gasteiger partial charge in [-0.1, -0.05) is 13.8 Å². The second-order valence-corrected chi connectivity index (χ2v) is 4.77. The molecule has 7 heteroatoms. The highest BCUT2D eigenvalue weighted by molar-refractivity contribution is 5.88. The minimum absolute atomic E-state index is 0.0324. The number of anilines is 1. The molecule has 0 aliphatic heterocycles. The Bertz CT molecular complexity index is 473. The van der Waals surface area contributed by atoms with E-state index >= 15 is 0 Å². The zero-order valence-corrected chi connectivity index (χ0v) is 11.3. The first-order chi connectivity index (χ1) is 9.19. The van der Waals surface area contributed by atoms with E-state index in [-0.39, 0.29) is 30.3 Å². The van der Waals surface area contributed by atoms with Crippen LogP contribution in [0.15, 0.2) is 12.1 Å². The fraction of sp³-hybridized carbons (Fsp3) is 0.538. The Morgan fingerprint density at radius 3 is 2.55 bits per heavy atom. The molecular formula is C13H17F3N2O2. The molecule has 0 saturated carbocycles. The largest absolute Gasteiger partial charge is 0.478 e. The lowest BCUT2D eigenvalue weighted by Gasteiger charge is -2.11. The average Bonchev–Trinajstić information content (AvgIpc) is 2.33. The summed E-state index contributed by atoms with van der Waals surface area (Å²) in [7, 11) is 0. The Labute approximate surface area is 115 Å². The van der Waals surface area contributed by atoms with Gasteiger partial charge in [0.25, 0.3) is 0 Å². The van der Waals surface area contributed by atoms with Crippen molar-refractivity contribution in [2.75, 3.05) is 11.9 Å². The van der Waals surface area contributed by atoms with Gasteiger partial charge in [-0.3, -0.25) is 0 Å². The number of rotatable bonds is 6. The quantitative estimate of drug-likeness (QED) is 0.785. The van der Waals surface area contributed by atoms with Crippen molar-refractivity contribution >= 4 is 11.8 Å². The van der Waals surface area contributed by atoms with E-state index in [2.05, 4.69) is 10.3 Å². The molecule has 1 aromatic rings. The zero-order valence-electron chi connectivity index (χ0n) is 11.3. The van der Waals surface area contributed by atoms with E-state index in [0.29, 0.717) is 5.69 Å². The van der Waals surface area contributed by atoms with Crippen molar-refractivity contribution < 1.29 is 23.1 Å². The third-order valence-corrected chi connectivity index (χ3v) is 2.63. The van der Waals surface area contributed by atoms with Gasteiger partial charge in [-0.25, -0.2) is 9.78 Å². The Kier molecular flexibility index (Phi) is 5.35. The van der Waals surface area contributed by atoms with Gasteiger partial charge in [0.1, 0.15) is 5.82 Å². The van der Waals surface area contributed by atoms with Gasteiger partial charge in [-0.05, 0) is 24.5 Å². The molecule has 2 N–H and O–H groups in total. The van der Waals surface area contributed by atoms with Crippen LogP contribution in [0.4, 0.5) is 19.0 Å². The van der Waals surface area contributed by atoms with Crippen LogP contribution in [0.5, 0.6) is 0 Å². The van der Waals surface area contributed by atoms with Crippen LogP contribution < -0.4 is 5.32 Å². The first-order valence-electron chi connectivity index (χ1n) is 6.25. The summed E-state index contributed by atoms with van der Waals surface area (Å²) in [4.78, 5) is 15.2. The maximum Gasteiger partial charge on any atom is 0.389 e. The van der Waals surface area contributed by atoms with E-state index in [9.17, 15) is 18.0 Å². The lowest BCUT2D eigenvalue weighted by atomic mass is 10.1. The Balaban J connectivity index is 2.71. The van der Waals surface area contributed by atoms with E-state index in [4.69, 9.17) is 5.11 Å². The average molecular weight is 290 g/mol. The number of aromatic carboxylic acids is 1. The van der Waals surface area contributed by atoms with E-state index in [0.717, 1.165) is 0 Å². The number of nitrogens with one attached hydrogen (secondary N) is 1. The summed E-state index contributed by atoms with van der Waals surface area (Å²) in [5.74, 6) is -0.770. The van der Waals surface area contributed by atoms with Crippen molar-refractivity contribution in [1.29, 1.82) is 0 Å². The first-order valence-corrected chi connectivity index (χ1v) is 6.25. The molecule has 0 atom stereocenters. The summed E-state index contributed by atoms with van der Waals surface area (Å²) in [5, 5.41) is 11.7. The van der Waals surface area contributed by atoms with E-state index in [1.54, 1.807) is 0 Å². The number of carboxylic acid groups (broad SMARTS) is 1. The van der Waals surface area contributed by atoms with Crippen LogP contribution in [0, 0.1) is 0 Å². The number of aromatic nitrogens is 1. The second kappa shape index (κ2) is 6.58. The van der Waals surface area contributed by atoms with Crippen LogP contribution in [0.25, 0.3) is 0 Å². The molecule has 0 bridgehead atoms. The van der Waals surface area contributed by atoms with Crippen LogP contribution in [-0.4, -0.2) is 28.8 Å². The normalized spacial score (nSPS) is 11.7. The maximum atomic E-state index is 12.0. The lowest BCUT2D eigenvalue weighted by molar-refractivity contribution is -0.134. The van der Waals surface area contributed by atoms with Crippen molar-refractivity contribution in [2.45, 2.75) is 38.8 Å². The maximum absolute atomic E-state index is 12.0. The first kappa shape index (κ1) is 16.3. The molecule has 0 amide bonds. The lowest BCUT2D eigenvalue weighted by Crippen LogP contribution is -2.12. The summed E-state index contributed by atoms with van der Waals surface area (Å²) in [6.07, 6.45) is -5.14. The molecule has 1 heterocycles. The van der Waals surface area contributed by atoms with Gasteiger partial charge < -0.3 is 10.4 Å². The third kappa shape index (κ3) is 5.46. The summed E-state index contributed by atoms with van der Waals surface area (Å²) in [5.41, 5.74) is 0.658. The number of halogens is 3. The minimum Gasteiger partial charge on any atom is -0.478 e. The van der Waals surface area contributed by atoms with Crippen LogP contribution in [0.2, 0.25) is 0 Å². The fourth-order valence-electron chi connectivity index (χ4n) is 1.57. The Hall–Kier alpha value is -1.79. The number of carboxylic acids is 1. The van der Waals surface area contributed by atoms with Gasteiger partial charge in [0, 0.05) is 18.7 Å². The van der Waals surface area contributed by atoms with Crippen molar-refractivity contribution in [3.05, 3.63) is 23.4 Å². The van der Waals surface area contributed by atoms with Crippen molar-refractivity contribution in [1.82, 2.24) is 4.98 Å². The van der Waals surface area contributed by atoms with Gasteiger partial charge in [-0.15, -0.1) is 0 Å². The fourth-order valence-corrected chi connectivity index (χ4v) is 1.57. The molecule has 4 nitrogen and oxygen atoms in total. The molecule has 0 aliphatic rings. The minimum atomic E-state index is -4.18. The van der Waals surface area contributed by atoms with Crippen LogP contribution in [-0.2, 0) is 0 Å². The van der Waals surface area contributed by atoms with Crippen LogP contribution in [0.1, 0.15) is 48.7 Å². The van der Waals surface area contributed by atoms with Crippen LogP contribution >= 0.6 is 0 Å². The summed E-state index contributed by atoms with van der Waals surface area (Å²) < 4.78 is 36.0. The van der Waals surface area contributed by atoms with Crippen molar-refractivity contribution in [3.63, 3.8) is 0 Å². The number of hydrogen-bond acceptors (Lipinski definition) is 3.